The summed E-state index contributed by atoms with van der Waals surface area (Å²) in [6.45, 7) is 0.487. The monoisotopic (exact) mass is 349 g/mol. The Labute approximate surface area is 142 Å². The van der Waals surface area contributed by atoms with E-state index in [0.29, 0.717) is 34.1 Å². The molecule has 1 heterocycles. The number of hydrogen-bond donors (Lipinski definition) is 1. The second-order valence-corrected chi connectivity index (χ2v) is 6.12. The predicted octanol–water partition coefficient (Wildman–Crippen LogP) is 4.44. The first-order valence-corrected chi connectivity index (χ1v) is 8.26. The molecular formula is C16H13ClFN3OS. The van der Waals surface area contributed by atoms with Crippen molar-refractivity contribution in [3.8, 4) is 17.1 Å². The molecule has 1 aromatic heterocycles. The van der Waals surface area contributed by atoms with Crippen molar-refractivity contribution in [3.05, 3.63) is 59.4 Å². The van der Waals surface area contributed by atoms with Gasteiger partial charge in [0.1, 0.15) is 11.6 Å². The third-order valence-corrected chi connectivity index (χ3v) is 4.04. The number of nitrogens with one attached hydrogen (secondary N) is 1. The van der Waals surface area contributed by atoms with Crippen LogP contribution in [0.1, 0.15) is 0 Å². The zero-order valence-corrected chi connectivity index (χ0v) is 13.6. The lowest BCUT2D eigenvalue weighted by Gasteiger charge is -2.04. The molecule has 0 unspecified atom stereocenters. The summed E-state index contributed by atoms with van der Waals surface area (Å²) >= 11 is 7.35. The van der Waals surface area contributed by atoms with Crippen molar-refractivity contribution in [2.45, 2.75) is 5.16 Å². The molecule has 7 heteroatoms. The Morgan fingerprint density at radius 2 is 1.83 bits per heavy atom. The number of aromatic amines is 1. The van der Waals surface area contributed by atoms with Crippen molar-refractivity contribution >= 4 is 23.4 Å². The summed E-state index contributed by atoms with van der Waals surface area (Å²) in [4.78, 5) is 4.41. The largest absolute Gasteiger partial charge is 0.493 e. The third-order valence-electron chi connectivity index (χ3n) is 2.98. The lowest BCUT2D eigenvalue weighted by Crippen LogP contribution is -2.00. The van der Waals surface area contributed by atoms with Gasteiger partial charge in [-0.3, -0.25) is 5.10 Å². The van der Waals surface area contributed by atoms with Crippen LogP contribution in [-0.2, 0) is 0 Å². The topological polar surface area (TPSA) is 50.8 Å². The van der Waals surface area contributed by atoms with Gasteiger partial charge in [0.05, 0.1) is 6.61 Å². The molecule has 2 aromatic carbocycles. The van der Waals surface area contributed by atoms with Gasteiger partial charge in [-0.1, -0.05) is 23.4 Å². The molecule has 0 amide bonds. The molecule has 0 saturated carbocycles. The molecule has 0 atom stereocenters. The van der Waals surface area contributed by atoms with Crippen LogP contribution < -0.4 is 4.74 Å². The molecule has 0 fully saturated rings. The number of H-pyrrole nitrogens is 1. The van der Waals surface area contributed by atoms with Crippen LogP contribution >= 0.6 is 23.4 Å². The van der Waals surface area contributed by atoms with E-state index in [9.17, 15) is 4.39 Å². The fourth-order valence-electron chi connectivity index (χ4n) is 1.87. The molecule has 0 bridgehead atoms. The molecule has 4 nitrogen and oxygen atoms in total. The molecular weight excluding hydrogens is 337 g/mol. The minimum Gasteiger partial charge on any atom is -0.493 e. The zero-order chi connectivity index (χ0) is 16.1. The van der Waals surface area contributed by atoms with Crippen LogP contribution in [-0.4, -0.2) is 27.5 Å². The van der Waals surface area contributed by atoms with Crippen LogP contribution in [0.25, 0.3) is 11.4 Å². The van der Waals surface area contributed by atoms with Gasteiger partial charge in [0, 0.05) is 16.3 Å². The Morgan fingerprint density at radius 1 is 1.09 bits per heavy atom. The second kappa shape index (κ2) is 7.48. The standard InChI is InChI=1S/C16H13ClFN3OS/c17-12-3-1-11(2-4-12)15-19-16(21-20-15)23-10-9-22-14-7-5-13(18)6-8-14/h1-8H,9-10H2,(H,19,20,21). The number of aromatic nitrogens is 3. The van der Waals surface area contributed by atoms with E-state index >= 15 is 0 Å². The van der Waals surface area contributed by atoms with Gasteiger partial charge < -0.3 is 4.74 Å². The molecule has 23 heavy (non-hydrogen) atoms. The highest BCUT2D eigenvalue weighted by molar-refractivity contribution is 7.99. The molecule has 0 spiro atoms. The number of ether oxygens (including phenoxy) is 1. The number of nitrogens with zero attached hydrogens (tertiary/aromatic N) is 2. The fourth-order valence-corrected chi connectivity index (χ4v) is 2.61. The van der Waals surface area contributed by atoms with Gasteiger partial charge in [0.15, 0.2) is 5.82 Å². The number of thioether (sulfide) groups is 1. The van der Waals surface area contributed by atoms with Gasteiger partial charge in [-0.05, 0) is 48.5 Å². The Kier molecular flexibility index (Phi) is 5.15. The van der Waals surface area contributed by atoms with E-state index in [1.165, 1.54) is 23.9 Å². The molecule has 0 aliphatic carbocycles. The van der Waals surface area contributed by atoms with Crippen molar-refractivity contribution in [1.82, 2.24) is 15.2 Å². The maximum absolute atomic E-state index is 12.8. The first-order valence-electron chi connectivity index (χ1n) is 6.90. The van der Waals surface area contributed by atoms with Crippen LogP contribution in [0, 0.1) is 5.82 Å². The van der Waals surface area contributed by atoms with Crippen molar-refractivity contribution in [1.29, 1.82) is 0 Å². The maximum Gasteiger partial charge on any atom is 0.208 e. The summed E-state index contributed by atoms with van der Waals surface area (Å²) in [5.74, 6) is 1.75. The number of rotatable bonds is 6. The van der Waals surface area contributed by atoms with E-state index in [0.717, 1.165) is 5.56 Å². The van der Waals surface area contributed by atoms with Crippen LogP contribution in [0.5, 0.6) is 5.75 Å². The van der Waals surface area contributed by atoms with Crippen LogP contribution in [0.3, 0.4) is 0 Å². The van der Waals surface area contributed by atoms with E-state index in [2.05, 4.69) is 15.2 Å². The van der Waals surface area contributed by atoms with Crippen molar-refractivity contribution < 1.29 is 9.13 Å². The quantitative estimate of drug-likeness (QED) is 0.528. The van der Waals surface area contributed by atoms with E-state index in [-0.39, 0.29) is 5.82 Å². The summed E-state index contributed by atoms with van der Waals surface area (Å²) in [7, 11) is 0. The van der Waals surface area contributed by atoms with E-state index in [1.807, 2.05) is 24.3 Å². The summed E-state index contributed by atoms with van der Waals surface area (Å²) in [6, 6.07) is 13.3. The number of halogens is 2. The predicted molar refractivity (Wildman–Crippen MR) is 89.4 cm³/mol. The highest BCUT2D eigenvalue weighted by Crippen LogP contribution is 2.21. The fraction of sp³-hybridized carbons (Fsp3) is 0.125. The molecule has 3 aromatic rings. The van der Waals surface area contributed by atoms with E-state index in [4.69, 9.17) is 16.3 Å². The smallest absolute Gasteiger partial charge is 0.208 e. The first-order chi connectivity index (χ1) is 11.2. The van der Waals surface area contributed by atoms with E-state index in [1.54, 1.807) is 12.1 Å². The Balaban J connectivity index is 1.49. The summed E-state index contributed by atoms with van der Waals surface area (Å²) in [5.41, 5.74) is 0.927. The third kappa shape index (κ3) is 4.46. The van der Waals surface area contributed by atoms with Crippen LogP contribution in [0.15, 0.2) is 53.7 Å². The molecule has 0 aliphatic rings. The summed E-state index contributed by atoms with van der Waals surface area (Å²) in [6.07, 6.45) is 0. The number of benzene rings is 2. The van der Waals surface area contributed by atoms with Crippen molar-refractivity contribution in [2.75, 3.05) is 12.4 Å². The Hall–Kier alpha value is -2.05. The highest BCUT2D eigenvalue weighted by atomic mass is 35.5. The van der Waals surface area contributed by atoms with Gasteiger partial charge >= 0.3 is 0 Å². The molecule has 0 saturated heterocycles. The lowest BCUT2D eigenvalue weighted by atomic mass is 10.2. The Morgan fingerprint density at radius 3 is 2.57 bits per heavy atom. The maximum atomic E-state index is 12.8. The van der Waals surface area contributed by atoms with Crippen LogP contribution in [0.4, 0.5) is 4.39 Å². The van der Waals surface area contributed by atoms with Gasteiger partial charge in [-0.2, -0.15) is 0 Å². The molecule has 118 valence electrons. The van der Waals surface area contributed by atoms with Crippen LogP contribution in [0.2, 0.25) is 5.02 Å². The average molecular weight is 350 g/mol. The molecule has 3 rings (SSSR count). The van der Waals surface area contributed by atoms with Gasteiger partial charge in [0.25, 0.3) is 0 Å². The SMILES string of the molecule is Fc1ccc(OCCSc2n[nH]c(-c3ccc(Cl)cc3)n2)cc1. The second-order valence-electron chi connectivity index (χ2n) is 4.62. The lowest BCUT2D eigenvalue weighted by molar-refractivity contribution is 0.343. The minimum atomic E-state index is -0.276. The normalized spacial score (nSPS) is 10.7. The van der Waals surface area contributed by atoms with Gasteiger partial charge in [0.2, 0.25) is 5.16 Å². The average Bonchev–Trinajstić information content (AvgIpc) is 3.03. The Bertz CT molecular complexity index is 762. The van der Waals surface area contributed by atoms with E-state index < -0.39 is 0 Å². The highest BCUT2D eigenvalue weighted by Gasteiger charge is 2.06. The first kappa shape index (κ1) is 15.8. The minimum absolute atomic E-state index is 0.276. The molecule has 1 N–H and O–H groups in total. The van der Waals surface area contributed by atoms with Crippen molar-refractivity contribution in [3.63, 3.8) is 0 Å². The molecule has 0 radical (unpaired) electrons. The zero-order valence-electron chi connectivity index (χ0n) is 12.0. The van der Waals surface area contributed by atoms with Gasteiger partial charge in [-0.15, -0.1) is 5.10 Å². The molecule has 0 aliphatic heterocycles. The van der Waals surface area contributed by atoms with Crippen molar-refractivity contribution in [2.24, 2.45) is 0 Å². The summed E-state index contributed by atoms with van der Waals surface area (Å²) < 4.78 is 18.3. The van der Waals surface area contributed by atoms with Gasteiger partial charge in [-0.25, -0.2) is 9.37 Å². The number of hydrogen-bond acceptors (Lipinski definition) is 4. The summed E-state index contributed by atoms with van der Waals surface area (Å²) in [5, 5.41) is 8.39.